The van der Waals surface area contributed by atoms with Crippen LogP contribution in [0.4, 0.5) is 26.3 Å². The maximum atomic E-state index is 13.6. The first-order valence-electron chi connectivity index (χ1n) is 7.69. The third-order valence-corrected chi connectivity index (χ3v) is 3.92. The van der Waals surface area contributed by atoms with E-state index >= 15 is 0 Å². The molecule has 2 aromatic carbocycles. The molecule has 0 amide bonds. The fourth-order valence-electron chi connectivity index (χ4n) is 2.82. The Labute approximate surface area is 146 Å². The van der Waals surface area contributed by atoms with E-state index in [9.17, 15) is 26.3 Å². The molecule has 0 N–H and O–H groups in total. The molecule has 0 bridgehead atoms. The normalized spacial score (nSPS) is 12.3. The van der Waals surface area contributed by atoms with Crippen LogP contribution in [0.3, 0.4) is 0 Å². The first kappa shape index (κ1) is 19.8. The van der Waals surface area contributed by atoms with Crippen LogP contribution >= 0.6 is 0 Å². The van der Waals surface area contributed by atoms with Crippen LogP contribution in [-0.4, -0.2) is 0 Å². The highest BCUT2D eigenvalue weighted by Gasteiger charge is 2.37. The third-order valence-electron chi connectivity index (χ3n) is 3.92. The molecule has 0 aliphatic carbocycles. The number of alkyl halides is 6. The molecule has 0 spiro atoms. The molecular weight excluding hydrogens is 356 g/mol. The average Bonchev–Trinajstić information content (AvgIpc) is 2.51. The number of aryl methyl sites for hydroxylation is 1. The summed E-state index contributed by atoms with van der Waals surface area (Å²) in [6.07, 6.45) is -9.52. The lowest BCUT2D eigenvalue weighted by Gasteiger charge is -2.21. The fraction of sp³-hybridized carbons (Fsp3) is 0.316. The van der Waals surface area contributed by atoms with Gasteiger partial charge in [-0.3, -0.25) is 0 Å². The monoisotopic (exact) mass is 371 g/mol. The Morgan fingerprint density at radius 3 is 1.96 bits per heavy atom. The Hall–Kier alpha value is -2.49. The predicted molar refractivity (Wildman–Crippen MR) is 85.4 cm³/mol. The number of rotatable bonds is 2. The lowest BCUT2D eigenvalue weighted by Crippen LogP contribution is -2.12. The zero-order valence-electron chi connectivity index (χ0n) is 14.2. The largest absolute Gasteiger partial charge is 0.417 e. The molecule has 2 rings (SSSR count). The summed E-state index contributed by atoms with van der Waals surface area (Å²) >= 11 is 0. The van der Waals surface area contributed by atoms with E-state index in [4.69, 9.17) is 5.26 Å². The van der Waals surface area contributed by atoms with Gasteiger partial charge in [-0.05, 0) is 53.8 Å². The highest BCUT2D eigenvalue weighted by atomic mass is 19.4. The minimum Gasteiger partial charge on any atom is -0.192 e. The van der Waals surface area contributed by atoms with E-state index in [0.29, 0.717) is 17.7 Å². The highest BCUT2D eigenvalue weighted by Crippen LogP contribution is 2.43. The van der Waals surface area contributed by atoms with E-state index in [1.807, 2.05) is 0 Å². The van der Waals surface area contributed by atoms with Crippen molar-refractivity contribution in [2.45, 2.75) is 39.0 Å². The second kappa shape index (κ2) is 6.67. The van der Waals surface area contributed by atoms with Crippen LogP contribution in [0.2, 0.25) is 0 Å². The van der Waals surface area contributed by atoms with Gasteiger partial charge in [0.2, 0.25) is 0 Å². The standard InChI is InChI=1S/C19H15F6N/c1-10(2)15-4-11(3)5-16(19(23,24)25)17(15)13-6-12(9-26)7-14(8-13)18(20,21)22/h4-8,10H,1-3H3. The van der Waals surface area contributed by atoms with Gasteiger partial charge in [-0.25, -0.2) is 0 Å². The molecule has 0 unspecified atom stereocenters. The molecule has 0 fully saturated rings. The van der Waals surface area contributed by atoms with Crippen molar-refractivity contribution in [2.75, 3.05) is 0 Å². The first-order chi connectivity index (χ1) is 11.8. The molecule has 7 heteroatoms. The van der Waals surface area contributed by atoms with Crippen molar-refractivity contribution in [1.82, 2.24) is 0 Å². The van der Waals surface area contributed by atoms with Gasteiger partial charge in [0, 0.05) is 0 Å². The molecule has 0 radical (unpaired) electrons. The molecule has 0 atom stereocenters. The van der Waals surface area contributed by atoms with E-state index in [0.717, 1.165) is 12.1 Å². The van der Waals surface area contributed by atoms with Crippen LogP contribution < -0.4 is 0 Å². The topological polar surface area (TPSA) is 23.8 Å². The molecule has 0 aromatic heterocycles. The third kappa shape index (κ3) is 4.01. The van der Waals surface area contributed by atoms with Crippen LogP contribution in [0.5, 0.6) is 0 Å². The molecule has 2 aromatic rings. The highest BCUT2D eigenvalue weighted by molar-refractivity contribution is 5.75. The molecular formula is C19H15F6N. The number of hydrogen-bond acceptors (Lipinski definition) is 1. The Morgan fingerprint density at radius 2 is 1.50 bits per heavy atom. The molecule has 1 nitrogen and oxygen atoms in total. The first-order valence-corrected chi connectivity index (χ1v) is 7.69. The molecule has 0 saturated carbocycles. The maximum Gasteiger partial charge on any atom is 0.417 e. The molecule has 0 heterocycles. The van der Waals surface area contributed by atoms with E-state index in [1.165, 1.54) is 13.0 Å². The molecule has 0 saturated heterocycles. The van der Waals surface area contributed by atoms with Crippen molar-refractivity contribution in [3.05, 3.63) is 58.1 Å². The number of hydrogen-bond donors (Lipinski definition) is 0. The van der Waals surface area contributed by atoms with Crippen LogP contribution in [0.25, 0.3) is 11.1 Å². The van der Waals surface area contributed by atoms with Crippen molar-refractivity contribution in [1.29, 1.82) is 5.26 Å². The molecule has 0 aliphatic heterocycles. The lowest BCUT2D eigenvalue weighted by molar-refractivity contribution is -0.137. The van der Waals surface area contributed by atoms with E-state index in [1.54, 1.807) is 19.9 Å². The second-order valence-electron chi connectivity index (χ2n) is 6.34. The lowest BCUT2D eigenvalue weighted by atomic mass is 9.86. The summed E-state index contributed by atoms with van der Waals surface area (Å²) < 4.78 is 80.1. The van der Waals surface area contributed by atoms with Crippen molar-refractivity contribution in [3.63, 3.8) is 0 Å². The summed E-state index contributed by atoms with van der Waals surface area (Å²) in [5, 5.41) is 9.01. The van der Waals surface area contributed by atoms with E-state index in [2.05, 4.69) is 0 Å². The Bertz CT molecular complexity index is 869. The van der Waals surface area contributed by atoms with Crippen molar-refractivity contribution < 1.29 is 26.3 Å². The van der Waals surface area contributed by atoms with Crippen LogP contribution in [0.15, 0.2) is 30.3 Å². The SMILES string of the molecule is Cc1cc(C(C)C)c(-c2cc(C#N)cc(C(F)(F)F)c2)c(C(F)(F)F)c1. The quantitative estimate of drug-likeness (QED) is 0.539. The van der Waals surface area contributed by atoms with Crippen LogP contribution in [-0.2, 0) is 12.4 Å². The van der Waals surface area contributed by atoms with E-state index in [-0.39, 0.29) is 28.2 Å². The predicted octanol–water partition coefficient (Wildman–Crippen LogP) is 6.69. The molecule has 138 valence electrons. The van der Waals surface area contributed by atoms with Gasteiger partial charge in [-0.2, -0.15) is 31.6 Å². The van der Waals surface area contributed by atoms with Gasteiger partial charge in [-0.15, -0.1) is 0 Å². The molecule has 0 aliphatic rings. The van der Waals surface area contributed by atoms with Gasteiger partial charge < -0.3 is 0 Å². The van der Waals surface area contributed by atoms with Gasteiger partial charge in [-0.1, -0.05) is 25.5 Å². The Morgan fingerprint density at radius 1 is 0.885 bits per heavy atom. The smallest absolute Gasteiger partial charge is 0.192 e. The van der Waals surface area contributed by atoms with Crippen LogP contribution in [0.1, 0.15) is 47.6 Å². The Balaban J connectivity index is 2.94. The van der Waals surface area contributed by atoms with Crippen molar-refractivity contribution >= 4 is 0 Å². The summed E-state index contributed by atoms with van der Waals surface area (Å²) in [5.41, 5.74) is -2.47. The van der Waals surface area contributed by atoms with Crippen LogP contribution in [0, 0.1) is 18.3 Å². The summed E-state index contributed by atoms with van der Waals surface area (Å²) in [4.78, 5) is 0. The average molecular weight is 371 g/mol. The number of nitrogens with zero attached hydrogens (tertiary/aromatic N) is 1. The number of nitriles is 1. The van der Waals surface area contributed by atoms with E-state index < -0.39 is 23.5 Å². The van der Waals surface area contributed by atoms with Crippen molar-refractivity contribution in [3.8, 4) is 17.2 Å². The molecule has 26 heavy (non-hydrogen) atoms. The van der Waals surface area contributed by atoms with Gasteiger partial charge in [0.15, 0.2) is 0 Å². The summed E-state index contributed by atoms with van der Waals surface area (Å²) in [5.74, 6) is -0.355. The zero-order valence-corrected chi connectivity index (χ0v) is 14.2. The van der Waals surface area contributed by atoms with Gasteiger partial charge in [0.1, 0.15) is 0 Å². The summed E-state index contributed by atoms with van der Waals surface area (Å²) in [6.45, 7) is 4.83. The van der Waals surface area contributed by atoms with Crippen molar-refractivity contribution in [2.24, 2.45) is 0 Å². The minimum absolute atomic E-state index is 0.271. The summed E-state index contributed by atoms with van der Waals surface area (Å²) in [6, 6.07) is 6.37. The van der Waals surface area contributed by atoms with Gasteiger partial charge in [0.25, 0.3) is 0 Å². The zero-order chi connectivity index (χ0) is 19.9. The maximum absolute atomic E-state index is 13.6. The second-order valence-corrected chi connectivity index (χ2v) is 6.34. The summed E-state index contributed by atoms with van der Waals surface area (Å²) in [7, 11) is 0. The van der Waals surface area contributed by atoms with Gasteiger partial charge in [0.05, 0.1) is 22.8 Å². The fourth-order valence-corrected chi connectivity index (χ4v) is 2.82. The number of benzene rings is 2. The number of halogens is 6. The van der Waals surface area contributed by atoms with Gasteiger partial charge >= 0.3 is 12.4 Å². The Kier molecular flexibility index (Phi) is 5.09. The minimum atomic E-state index is -4.78.